The van der Waals surface area contributed by atoms with Gasteiger partial charge in [-0.3, -0.25) is 14.7 Å². The second kappa shape index (κ2) is 7.88. The molecule has 1 atom stereocenters. The first kappa shape index (κ1) is 18.1. The minimum absolute atomic E-state index is 0.0326. The lowest BCUT2D eigenvalue weighted by molar-refractivity contribution is -0.384. The molecule has 2 N–H and O–H groups in total. The van der Waals surface area contributed by atoms with Crippen LogP contribution in [-0.2, 0) is 18.3 Å². The molecule has 0 aromatic heterocycles. The van der Waals surface area contributed by atoms with Gasteiger partial charge in [0.1, 0.15) is 0 Å². The quantitative estimate of drug-likeness (QED) is 0.440. The van der Waals surface area contributed by atoms with Gasteiger partial charge in [-0.05, 0) is 13.8 Å². The van der Waals surface area contributed by atoms with Crippen LogP contribution < -0.4 is 5.73 Å². The number of hydrogen-bond donors (Lipinski definition) is 1. The summed E-state index contributed by atoms with van der Waals surface area (Å²) in [5.74, 6) is -1.48. The zero-order chi connectivity index (χ0) is 16.8. The Bertz CT molecular complexity index is 583. The van der Waals surface area contributed by atoms with Crippen LogP contribution in [0.1, 0.15) is 25.3 Å². The van der Waals surface area contributed by atoms with Crippen LogP contribution in [0.3, 0.4) is 0 Å². The smallest absolute Gasteiger partial charge is 0.405 e. The standard InChI is InChI=1S/C12H17N2O7P/c1-3-19-22(18,20-4-2)11(21-12(13)15)9-6-5-7-10(8-9)14(16)17/h5-8,11H,3-4H2,1-2H3,(H2,13,15)/t11-/m1/s1. The number of carbonyl (C=O) groups excluding carboxylic acids is 1. The molecule has 0 aliphatic carbocycles. The van der Waals surface area contributed by atoms with E-state index in [0.29, 0.717) is 0 Å². The molecule has 0 bridgehead atoms. The summed E-state index contributed by atoms with van der Waals surface area (Å²) in [7, 11) is -3.90. The van der Waals surface area contributed by atoms with Crippen LogP contribution in [0.2, 0.25) is 0 Å². The molecule has 0 aliphatic heterocycles. The molecule has 10 heteroatoms. The number of benzene rings is 1. The number of carbonyl (C=O) groups is 1. The van der Waals surface area contributed by atoms with Crippen molar-refractivity contribution in [1.29, 1.82) is 0 Å². The first-order chi connectivity index (χ1) is 10.3. The van der Waals surface area contributed by atoms with Crippen molar-refractivity contribution in [2.24, 2.45) is 5.73 Å². The van der Waals surface area contributed by atoms with E-state index < -0.39 is 24.5 Å². The summed E-state index contributed by atoms with van der Waals surface area (Å²) in [5, 5.41) is 10.8. The molecule has 0 unspecified atom stereocenters. The summed E-state index contributed by atoms with van der Waals surface area (Å²) in [6.07, 6.45) is -1.20. The number of amides is 1. The van der Waals surface area contributed by atoms with Crippen molar-refractivity contribution < 1.29 is 28.1 Å². The van der Waals surface area contributed by atoms with Gasteiger partial charge in [-0.15, -0.1) is 0 Å². The lowest BCUT2D eigenvalue weighted by atomic mass is 10.2. The number of ether oxygens (including phenoxy) is 1. The molecular weight excluding hydrogens is 315 g/mol. The number of hydrogen-bond acceptors (Lipinski definition) is 7. The summed E-state index contributed by atoms with van der Waals surface area (Å²) in [6, 6.07) is 5.15. The molecule has 0 heterocycles. The van der Waals surface area contributed by atoms with Gasteiger partial charge in [0.15, 0.2) is 0 Å². The van der Waals surface area contributed by atoms with Crippen molar-refractivity contribution in [3.8, 4) is 0 Å². The predicted molar refractivity (Wildman–Crippen MR) is 77.4 cm³/mol. The average molecular weight is 332 g/mol. The number of primary amides is 1. The Kier molecular flexibility index (Phi) is 6.48. The van der Waals surface area contributed by atoms with E-state index in [0.717, 1.165) is 6.07 Å². The maximum Gasteiger partial charge on any atom is 0.405 e. The number of non-ortho nitro benzene ring substituents is 1. The lowest BCUT2D eigenvalue weighted by Gasteiger charge is -2.25. The van der Waals surface area contributed by atoms with E-state index in [4.69, 9.17) is 19.5 Å². The fourth-order valence-electron chi connectivity index (χ4n) is 1.75. The largest absolute Gasteiger partial charge is 0.428 e. The molecule has 1 amide bonds. The topological polar surface area (TPSA) is 131 Å². The average Bonchev–Trinajstić information content (AvgIpc) is 2.45. The fourth-order valence-corrected chi connectivity index (χ4v) is 3.57. The predicted octanol–water partition coefficient (Wildman–Crippen LogP) is 2.95. The highest BCUT2D eigenvalue weighted by atomic mass is 31.2. The van der Waals surface area contributed by atoms with Gasteiger partial charge < -0.3 is 19.5 Å². The minimum atomic E-state index is -3.90. The fraction of sp³-hybridized carbons (Fsp3) is 0.417. The molecule has 22 heavy (non-hydrogen) atoms. The van der Waals surface area contributed by atoms with Crippen molar-refractivity contribution >= 4 is 19.4 Å². The highest BCUT2D eigenvalue weighted by Gasteiger charge is 2.40. The van der Waals surface area contributed by atoms with Crippen molar-refractivity contribution in [1.82, 2.24) is 0 Å². The van der Waals surface area contributed by atoms with Gasteiger partial charge in [-0.1, -0.05) is 12.1 Å². The highest BCUT2D eigenvalue weighted by molar-refractivity contribution is 7.54. The normalized spacial score (nSPS) is 12.6. The first-order valence-electron chi connectivity index (χ1n) is 6.43. The Labute approximate surface area is 127 Å². The van der Waals surface area contributed by atoms with E-state index in [2.05, 4.69) is 0 Å². The Balaban J connectivity index is 3.32. The monoisotopic (exact) mass is 332 g/mol. The van der Waals surface area contributed by atoms with E-state index in [-0.39, 0.29) is 24.5 Å². The second-order valence-corrected chi connectivity index (χ2v) is 6.08. The third-order valence-corrected chi connectivity index (χ3v) is 4.71. The molecule has 122 valence electrons. The van der Waals surface area contributed by atoms with Gasteiger partial charge in [0, 0.05) is 17.7 Å². The second-order valence-electron chi connectivity index (χ2n) is 4.02. The summed E-state index contributed by atoms with van der Waals surface area (Å²) in [5.41, 5.74) is 4.83. The summed E-state index contributed by atoms with van der Waals surface area (Å²) in [4.78, 5) is 21.3. The number of rotatable bonds is 8. The highest BCUT2D eigenvalue weighted by Crippen LogP contribution is 2.61. The van der Waals surface area contributed by atoms with E-state index in [1.54, 1.807) is 13.8 Å². The Morgan fingerprint density at radius 2 is 1.95 bits per heavy atom. The van der Waals surface area contributed by atoms with Crippen LogP contribution in [-0.4, -0.2) is 24.2 Å². The Morgan fingerprint density at radius 1 is 1.36 bits per heavy atom. The zero-order valence-electron chi connectivity index (χ0n) is 12.1. The summed E-state index contributed by atoms with van der Waals surface area (Å²) >= 11 is 0. The molecule has 1 rings (SSSR count). The molecule has 0 fully saturated rings. The van der Waals surface area contributed by atoms with Crippen LogP contribution in [0.5, 0.6) is 0 Å². The van der Waals surface area contributed by atoms with Crippen LogP contribution in [0.15, 0.2) is 24.3 Å². The van der Waals surface area contributed by atoms with Crippen LogP contribution in [0, 0.1) is 10.1 Å². The maximum absolute atomic E-state index is 12.8. The molecular formula is C12H17N2O7P. The van der Waals surface area contributed by atoms with Gasteiger partial charge in [0.05, 0.1) is 18.1 Å². The van der Waals surface area contributed by atoms with Crippen molar-refractivity contribution in [2.75, 3.05) is 13.2 Å². The molecule has 0 saturated carbocycles. The van der Waals surface area contributed by atoms with Gasteiger partial charge in [-0.25, -0.2) is 4.79 Å². The number of nitro benzene ring substituents is 1. The third kappa shape index (κ3) is 4.52. The van der Waals surface area contributed by atoms with Crippen molar-refractivity contribution in [3.63, 3.8) is 0 Å². The van der Waals surface area contributed by atoms with E-state index in [1.807, 2.05) is 0 Å². The summed E-state index contributed by atoms with van der Waals surface area (Å²) in [6.45, 7) is 3.23. The molecule has 9 nitrogen and oxygen atoms in total. The number of nitrogens with zero attached hydrogens (tertiary/aromatic N) is 1. The third-order valence-electron chi connectivity index (χ3n) is 2.50. The van der Waals surface area contributed by atoms with E-state index in [9.17, 15) is 19.5 Å². The maximum atomic E-state index is 12.8. The van der Waals surface area contributed by atoms with Gasteiger partial charge in [0.2, 0.25) is 5.85 Å². The van der Waals surface area contributed by atoms with Crippen molar-refractivity contribution in [2.45, 2.75) is 19.7 Å². The Hall–Kier alpha value is -1.96. The van der Waals surface area contributed by atoms with Crippen LogP contribution in [0.25, 0.3) is 0 Å². The molecule has 1 aromatic rings. The molecule has 0 spiro atoms. The minimum Gasteiger partial charge on any atom is -0.428 e. The van der Waals surface area contributed by atoms with E-state index >= 15 is 0 Å². The molecule has 0 radical (unpaired) electrons. The summed E-state index contributed by atoms with van der Waals surface area (Å²) < 4.78 is 27.9. The lowest BCUT2D eigenvalue weighted by Crippen LogP contribution is -2.19. The molecule has 0 aliphatic rings. The number of nitrogens with two attached hydrogens (primary N) is 1. The van der Waals surface area contributed by atoms with Crippen LogP contribution in [0.4, 0.5) is 10.5 Å². The van der Waals surface area contributed by atoms with Crippen LogP contribution >= 0.6 is 7.60 Å². The molecule has 1 aromatic carbocycles. The van der Waals surface area contributed by atoms with Gasteiger partial charge in [0.25, 0.3) is 5.69 Å². The van der Waals surface area contributed by atoms with E-state index in [1.165, 1.54) is 18.2 Å². The van der Waals surface area contributed by atoms with Crippen molar-refractivity contribution in [3.05, 3.63) is 39.9 Å². The molecule has 0 saturated heterocycles. The SMILES string of the molecule is CCOP(=O)(OCC)[C@@H](OC(N)=O)c1cccc([N+](=O)[O-])c1. The Morgan fingerprint density at radius 3 is 2.41 bits per heavy atom. The van der Waals surface area contributed by atoms with Gasteiger partial charge >= 0.3 is 13.7 Å². The number of nitro groups is 1. The zero-order valence-corrected chi connectivity index (χ0v) is 13.0. The first-order valence-corrected chi connectivity index (χ1v) is 8.04. The van der Waals surface area contributed by atoms with Gasteiger partial charge in [-0.2, -0.15) is 0 Å².